The predicted molar refractivity (Wildman–Crippen MR) is 78.3 cm³/mol. The van der Waals surface area contributed by atoms with Gasteiger partial charge in [-0.15, -0.1) is 0 Å². The maximum absolute atomic E-state index is 5.65. The highest BCUT2D eigenvalue weighted by Gasteiger charge is 2.47. The molecule has 2 aliphatic rings. The molecule has 19 heavy (non-hydrogen) atoms. The first kappa shape index (κ1) is 13.0. The molecule has 1 aromatic carbocycles. The lowest BCUT2D eigenvalue weighted by Gasteiger charge is -2.25. The van der Waals surface area contributed by atoms with Crippen molar-refractivity contribution in [2.75, 3.05) is 13.7 Å². The molecule has 0 aliphatic heterocycles. The van der Waals surface area contributed by atoms with Crippen LogP contribution in [0.5, 0.6) is 5.75 Å². The van der Waals surface area contributed by atoms with Crippen molar-refractivity contribution >= 4 is 0 Å². The summed E-state index contributed by atoms with van der Waals surface area (Å²) in [5.74, 6) is 3.92. The van der Waals surface area contributed by atoms with E-state index in [0.717, 1.165) is 36.5 Å². The molecule has 0 radical (unpaired) electrons. The maximum atomic E-state index is 5.65. The van der Waals surface area contributed by atoms with Gasteiger partial charge in [-0.25, -0.2) is 0 Å². The van der Waals surface area contributed by atoms with Crippen LogP contribution in [0.1, 0.15) is 44.2 Å². The van der Waals surface area contributed by atoms with Gasteiger partial charge >= 0.3 is 0 Å². The fraction of sp³-hybridized carbons (Fsp3) is 0.647. The molecule has 0 heterocycles. The van der Waals surface area contributed by atoms with Gasteiger partial charge in [-0.3, -0.25) is 0 Å². The van der Waals surface area contributed by atoms with Crippen LogP contribution >= 0.6 is 0 Å². The fourth-order valence-electron chi connectivity index (χ4n) is 3.70. The van der Waals surface area contributed by atoms with Crippen LogP contribution < -0.4 is 10.1 Å². The molecule has 0 amide bonds. The van der Waals surface area contributed by atoms with E-state index < -0.39 is 0 Å². The first-order valence-electron chi connectivity index (χ1n) is 7.71. The number of fused-ring (bicyclic) bond motifs is 1. The number of hydrogen-bond donors (Lipinski definition) is 1. The Bertz CT molecular complexity index is 404. The minimum atomic E-state index is 0.521. The lowest BCUT2D eigenvalue weighted by molar-refractivity contribution is 0.316. The summed E-state index contributed by atoms with van der Waals surface area (Å²) in [6.45, 7) is 2.94. The normalized spacial score (nSPS) is 29.9. The summed E-state index contributed by atoms with van der Waals surface area (Å²) in [5, 5.41) is 3.52. The van der Waals surface area contributed by atoms with E-state index >= 15 is 0 Å². The second-order valence-electron chi connectivity index (χ2n) is 6.17. The molecule has 3 rings (SSSR count). The highest BCUT2D eigenvalue weighted by atomic mass is 16.5. The van der Waals surface area contributed by atoms with Crippen LogP contribution in [0.2, 0.25) is 0 Å². The molecule has 0 aromatic heterocycles. The van der Waals surface area contributed by atoms with Crippen molar-refractivity contribution in [3.05, 3.63) is 29.8 Å². The summed E-state index contributed by atoms with van der Waals surface area (Å²) >= 11 is 0. The van der Waals surface area contributed by atoms with Gasteiger partial charge in [0.1, 0.15) is 5.75 Å². The first-order chi connectivity index (χ1) is 9.31. The summed E-state index contributed by atoms with van der Waals surface area (Å²) in [6.07, 6.45) is 5.40. The lowest BCUT2D eigenvalue weighted by atomic mass is 9.89. The molecule has 3 unspecified atom stereocenters. The van der Waals surface area contributed by atoms with E-state index in [0.29, 0.717) is 6.04 Å². The smallest absolute Gasteiger partial charge is 0.119 e. The molecule has 2 heteroatoms. The van der Waals surface area contributed by atoms with Crippen LogP contribution in [0, 0.1) is 17.8 Å². The highest BCUT2D eigenvalue weighted by molar-refractivity contribution is 5.30. The summed E-state index contributed by atoms with van der Waals surface area (Å²) in [6, 6.07) is 9.22. The van der Waals surface area contributed by atoms with Gasteiger partial charge in [0.15, 0.2) is 0 Å². The summed E-state index contributed by atoms with van der Waals surface area (Å²) in [5.41, 5.74) is 1.41. The van der Waals surface area contributed by atoms with E-state index in [9.17, 15) is 0 Å². The largest absolute Gasteiger partial charge is 0.494 e. The van der Waals surface area contributed by atoms with Crippen LogP contribution in [-0.4, -0.2) is 13.7 Å². The van der Waals surface area contributed by atoms with E-state index in [4.69, 9.17) is 4.74 Å². The number of benzene rings is 1. The predicted octanol–water partition coefficient (Wildman–Crippen LogP) is 3.78. The molecular weight excluding hydrogens is 234 g/mol. The Balaban J connectivity index is 1.65. The number of nitrogens with one attached hydrogen (secondary N) is 1. The van der Waals surface area contributed by atoms with Gasteiger partial charge in [0.2, 0.25) is 0 Å². The van der Waals surface area contributed by atoms with Gasteiger partial charge in [0, 0.05) is 6.04 Å². The van der Waals surface area contributed by atoms with E-state index in [1.807, 2.05) is 0 Å². The SMILES string of the molecule is CCCOc1ccc(C(NC)C2CC3CC3C2)cc1. The lowest BCUT2D eigenvalue weighted by Crippen LogP contribution is -2.24. The number of ether oxygens (including phenoxy) is 1. The van der Waals surface area contributed by atoms with Crippen molar-refractivity contribution in [3.8, 4) is 5.75 Å². The molecule has 3 atom stereocenters. The Morgan fingerprint density at radius 2 is 1.84 bits per heavy atom. The average Bonchev–Trinajstić information content (AvgIpc) is 3.06. The first-order valence-corrected chi connectivity index (χ1v) is 7.71. The minimum Gasteiger partial charge on any atom is -0.494 e. The molecule has 1 N–H and O–H groups in total. The molecule has 0 saturated heterocycles. The van der Waals surface area contributed by atoms with Gasteiger partial charge in [-0.1, -0.05) is 19.1 Å². The zero-order valence-corrected chi connectivity index (χ0v) is 12.1. The standard InChI is InChI=1S/C17H25NO/c1-3-8-19-16-6-4-12(5-7-16)17(18-2)15-10-13-9-14(13)11-15/h4-7,13-15,17-18H,3,8-11H2,1-2H3. The fourth-order valence-corrected chi connectivity index (χ4v) is 3.70. The third kappa shape index (κ3) is 2.79. The van der Waals surface area contributed by atoms with Gasteiger partial charge in [-0.05, 0) is 68.2 Å². The Morgan fingerprint density at radius 1 is 1.16 bits per heavy atom. The van der Waals surface area contributed by atoms with Gasteiger partial charge in [0.25, 0.3) is 0 Å². The third-order valence-electron chi connectivity index (χ3n) is 4.77. The second-order valence-corrected chi connectivity index (χ2v) is 6.17. The van der Waals surface area contributed by atoms with E-state index in [1.54, 1.807) is 0 Å². The summed E-state index contributed by atoms with van der Waals surface area (Å²) in [4.78, 5) is 0. The average molecular weight is 259 g/mol. The zero-order valence-electron chi connectivity index (χ0n) is 12.1. The molecular formula is C17H25NO. The van der Waals surface area contributed by atoms with E-state index in [-0.39, 0.29) is 0 Å². The minimum absolute atomic E-state index is 0.521. The topological polar surface area (TPSA) is 21.3 Å². The number of hydrogen-bond acceptors (Lipinski definition) is 2. The number of rotatable bonds is 6. The molecule has 2 nitrogen and oxygen atoms in total. The maximum Gasteiger partial charge on any atom is 0.119 e. The Labute approximate surface area is 116 Å². The Kier molecular flexibility index (Phi) is 3.79. The van der Waals surface area contributed by atoms with E-state index in [2.05, 4.69) is 43.6 Å². The van der Waals surface area contributed by atoms with Gasteiger partial charge < -0.3 is 10.1 Å². The van der Waals surface area contributed by atoms with Crippen LogP contribution in [0.15, 0.2) is 24.3 Å². The summed E-state index contributed by atoms with van der Waals surface area (Å²) in [7, 11) is 2.09. The molecule has 2 fully saturated rings. The third-order valence-corrected chi connectivity index (χ3v) is 4.77. The van der Waals surface area contributed by atoms with Gasteiger partial charge in [-0.2, -0.15) is 0 Å². The molecule has 1 aromatic rings. The Hall–Kier alpha value is -1.02. The Morgan fingerprint density at radius 3 is 2.42 bits per heavy atom. The zero-order chi connectivity index (χ0) is 13.2. The van der Waals surface area contributed by atoms with Crippen LogP contribution in [0.3, 0.4) is 0 Å². The van der Waals surface area contributed by atoms with Crippen molar-refractivity contribution in [2.45, 2.75) is 38.6 Å². The van der Waals surface area contributed by atoms with Crippen molar-refractivity contribution < 1.29 is 4.74 Å². The van der Waals surface area contributed by atoms with Crippen molar-refractivity contribution in [1.82, 2.24) is 5.32 Å². The quantitative estimate of drug-likeness (QED) is 0.839. The molecule has 2 aliphatic carbocycles. The van der Waals surface area contributed by atoms with E-state index in [1.165, 1.54) is 24.8 Å². The summed E-state index contributed by atoms with van der Waals surface area (Å²) < 4.78 is 5.65. The van der Waals surface area contributed by atoms with Crippen molar-refractivity contribution in [3.63, 3.8) is 0 Å². The molecule has 0 bridgehead atoms. The molecule has 104 valence electrons. The second kappa shape index (κ2) is 5.54. The molecule has 2 saturated carbocycles. The molecule has 0 spiro atoms. The van der Waals surface area contributed by atoms with Crippen molar-refractivity contribution in [1.29, 1.82) is 0 Å². The van der Waals surface area contributed by atoms with Crippen LogP contribution in [0.25, 0.3) is 0 Å². The van der Waals surface area contributed by atoms with Gasteiger partial charge in [0.05, 0.1) is 6.61 Å². The van der Waals surface area contributed by atoms with Crippen LogP contribution in [0.4, 0.5) is 0 Å². The van der Waals surface area contributed by atoms with Crippen LogP contribution in [-0.2, 0) is 0 Å². The monoisotopic (exact) mass is 259 g/mol. The highest BCUT2D eigenvalue weighted by Crippen LogP contribution is 2.57. The van der Waals surface area contributed by atoms with Crippen molar-refractivity contribution in [2.24, 2.45) is 17.8 Å².